The lowest BCUT2D eigenvalue weighted by molar-refractivity contribution is 0.0916. The summed E-state index contributed by atoms with van der Waals surface area (Å²) in [5.74, 6) is 1.00. The van der Waals surface area contributed by atoms with Crippen molar-refractivity contribution in [2.45, 2.75) is 13.0 Å². The second-order valence-corrected chi connectivity index (χ2v) is 5.44. The molecule has 0 spiro atoms. The summed E-state index contributed by atoms with van der Waals surface area (Å²) >= 11 is 0. The highest BCUT2D eigenvalue weighted by molar-refractivity contribution is 5.95. The van der Waals surface area contributed by atoms with Crippen LogP contribution in [0.25, 0.3) is 11.4 Å². The van der Waals surface area contributed by atoms with E-state index in [4.69, 9.17) is 0 Å². The number of hydrogen-bond donors (Lipinski definition) is 3. The topological polar surface area (TPSA) is 90.9 Å². The predicted octanol–water partition coefficient (Wildman–Crippen LogP) is 2.24. The van der Waals surface area contributed by atoms with Crippen LogP contribution in [0.1, 0.15) is 27.8 Å². The van der Waals surface area contributed by atoms with Gasteiger partial charge in [-0.15, -0.1) is 0 Å². The molecule has 6 nitrogen and oxygen atoms in total. The molecular weight excluding hydrogens is 304 g/mol. The minimum atomic E-state index is -0.451. The van der Waals surface area contributed by atoms with Gasteiger partial charge in [0.25, 0.3) is 5.91 Å². The van der Waals surface area contributed by atoms with Gasteiger partial charge in [-0.2, -0.15) is 5.10 Å². The number of nitrogens with zero attached hydrogens (tertiary/aromatic N) is 2. The maximum absolute atomic E-state index is 12.5. The van der Waals surface area contributed by atoms with Crippen LogP contribution in [0.2, 0.25) is 0 Å². The van der Waals surface area contributed by atoms with Crippen molar-refractivity contribution in [2.24, 2.45) is 0 Å². The number of hydrogen-bond acceptors (Lipinski definition) is 4. The molecule has 0 saturated heterocycles. The quantitative estimate of drug-likeness (QED) is 0.672. The van der Waals surface area contributed by atoms with Crippen LogP contribution in [0.5, 0.6) is 0 Å². The fourth-order valence-electron chi connectivity index (χ4n) is 2.43. The average Bonchev–Trinajstić information content (AvgIpc) is 3.07. The Labute approximate surface area is 139 Å². The smallest absolute Gasteiger partial charge is 0.251 e. The molecular formula is C18H18N4O2. The molecule has 1 amide bonds. The van der Waals surface area contributed by atoms with Crippen LogP contribution < -0.4 is 5.32 Å². The Morgan fingerprint density at radius 1 is 1.21 bits per heavy atom. The van der Waals surface area contributed by atoms with Crippen molar-refractivity contribution in [2.75, 3.05) is 6.61 Å². The van der Waals surface area contributed by atoms with Gasteiger partial charge in [0.15, 0.2) is 5.82 Å². The first kappa shape index (κ1) is 15.9. The van der Waals surface area contributed by atoms with Crippen LogP contribution in [-0.2, 0) is 0 Å². The second kappa shape index (κ2) is 7.06. The lowest BCUT2D eigenvalue weighted by Crippen LogP contribution is -2.30. The summed E-state index contributed by atoms with van der Waals surface area (Å²) in [6.07, 6.45) is 0. The van der Waals surface area contributed by atoms with Crippen LogP contribution in [0, 0.1) is 6.92 Å². The monoisotopic (exact) mass is 322 g/mol. The summed E-state index contributed by atoms with van der Waals surface area (Å²) in [7, 11) is 0. The normalized spacial score (nSPS) is 11.9. The summed E-state index contributed by atoms with van der Waals surface area (Å²) in [4.78, 5) is 16.8. The van der Waals surface area contributed by atoms with Crippen LogP contribution in [-0.4, -0.2) is 32.8 Å². The van der Waals surface area contributed by atoms with Crippen molar-refractivity contribution in [3.05, 3.63) is 71.5 Å². The SMILES string of the molecule is Cc1nc(-c2cccc(C(=O)NC(CO)c3ccccc3)c2)n[nH]1. The molecule has 0 bridgehead atoms. The fraction of sp³-hybridized carbons (Fsp3) is 0.167. The molecule has 122 valence electrons. The average molecular weight is 322 g/mol. The van der Waals surface area contributed by atoms with E-state index in [9.17, 15) is 9.90 Å². The molecule has 3 aromatic rings. The molecule has 1 unspecified atom stereocenters. The first-order valence-corrected chi connectivity index (χ1v) is 7.63. The van der Waals surface area contributed by atoms with Gasteiger partial charge in [-0.25, -0.2) is 4.98 Å². The summed E-state index contributed by atoms with van der Waals surface area (Å²) in [5.41, 5.74) is 2.10. The van der Waals surface area contributed by atoms with Crippen molar-refractivity contribution in [3.63, 3.8) is 0 Å². The predicted molar refractivity (Wildman–Crippen MR) is 90.3 cm³/mol. The summed E-state index contributed by atoms with van der Waals surface area (Å²) in [6.45, 7) is 1.65. The van der Waals surface area contributed by atoms with Gasteiger partial charge in [-0.1, -0.05) is 42.5 Å². The molecule has 1 atom stereocenters. The van der Waals surface area contributed by atoms with E-state index in [0.717, 1.165) is 11.1 Å². The maximum Gasteiger partial charge on any atom is 0.251 e. The number of aromatic nitrogens is 3. The lowest BCUT2D eigenvalue weighted by atomic mass is 10.1. The summed E-state index contributed by atoms with van der Waals surface area (Å²) in [6, 6.07) is 16.0. The first-order valence-electron chi connectivity index (χ1n) is 7.63. The van der Waals surface area contributed by atoms with Gasteiger partial charge in [-0.05, 0) is 24.6 Å². The lowest BCUT2D eigenvalue weighted by Gasteiger charge is -2.17. The number of aliphatic hydroxyl groups excluding tert-OH is 1. The van der Waals surface area contributed by atoms with E-state index in [0.29, 0.717) is 17.2 Å². The van der Waals surface area contributed by atoms with E-state index in [1.807, 2.05) is 43.3 Å². The molecule has 24 heavy (non-hydrogen) atoms. The molecule has 3 N–H and O–H groups in total. The number of aryl methyl sites for hydroxylation is 1. The van der Waals surface area contributed by atoms with Gasteiger partial charge in [-0.3, -0.25) is 9.89 Å². The Bertz CT molecular complexity index is 830. The number of rotatable bonds is 5. The third-order valence-electron chi connectivity index (χ3n) is 3.67. The van der Waals surface area contributed by atoms with Crippen molar-refractivity contribution in [3.8, 4) is 11.4 Å². The highest BCUT2D eigenvalue weighted by Gasteiger charge is 2.15. The number of H-pyrrole nitrogens is 1. The molecule has 1 heterocycles. The van der Waals surface area contributed by atoms with E-state index in [1.54, 1.807) is 18.2 Å². The van der Waals surface area contributed by atoms with Gasteiger partial charge >= 0.3 is 0 Å². The van der Waals surface area contributed by atoms with E-state index < -0.39 is 6.04 Å². The van der Waals surface area contributed by atoms with Crippen molar-refractivity contribution < 1.29 is 9.90 Å². The standard InChI is InChI=1S/C18H18N4O2/c1-12-19-17(22-21-12)14-8-5-9-15(10-14)18(24)20-16(11-23)13-6-3-2-4-7-13/h2-10,16,23H,11H2,1H3,(H,20,24)(H,19,21,22). The molecule has 2 aromatic carbocycles. The number of nitrogens with one attached hydrogen (secondary N) is 2. The minimum absolute atomic E-state index is 0.171. The largest absolute Gasteiger partial charge is 0.394 e. The summed E-state index contributed by atoms with van der Waals surface area (Å²) < 4.78 is 0. The second-order valence-electron chi connectivity index (χ2n) is 5.44. The number of carbonyl (C=O) groups excluding carboxylic acids is 1. The molecule has 0 aliphatic heterocycles. The third-order valence-corrected chi connectivity index (χ3v) is 3.67. The highest BCUT2D eigenvalue weighted by atomic mass is 16.3. The zero-order valence-corrected chi connectivity index (χ0v) is 13.2. The van der Waals surface area contributed by atoms with E-state index >= 15 is 0 Å². The molecule has 6 heteroatoms. The summed E-state index contributed by atoms with van der Waals surface area (Å²) in [5, 5.41) is 19.3. The Hall–Kier alpha value is -2.99. The molecule has 1 aromatic heterocycles. The van der Waals surface area contributed by atoms with Crippen LogP contribution >= 0.6 is 0 Å². The minimum Gasteiger partial charge on any atom is -0.394 e. The van der Waals surface area contributed by atoms with Crippen LogP contribution in [0.15, 0.2) is 54.6 Å². The Kier molecular flexibility index (Phi) is 4.67. The number of aliphatic hydroxyl groups is 1. The van der Waals surface area contributed by atoms with Crippen molar-refractivity contribution in [1.29, 1.82) is 0 Å². The van der Waals surface area contributed by atoms with Gasteiger partial charge < -0.3 is 10.4 Å². The fourth-order valence-corrected chi connectivity index (χ4v) is 2.43. The highest BCUT2D eigenvalue weighted by Crippen LogP contribution is 2.18. The van der Waals surface area contributed by atoms with Gasteiger partial charge in [0.05, 0.1) is 12.6 Å². The van der Waals surface area contributed by atoms with E-state index in [-0.39, 0.29) is 12.5 Å². The van der Waals surface area contributed by atoms with Crippen LogP contribution in [0.3, 0.4) is 0 Å². The van der Waals surface area contributed by atoms with E-state index in [1.165, 1.54) is 0 Å². The number of benzene rings is 2. The molecule has 0 saturated carbocycles. The maximum atomic E-state index is 12.5. The van der Waals surface area contributed by atoms with Crippen molar-refractivity contribution >= 4 is 5.91 Å². The molecule has 0 radical (unpaired) electrons. The van der Waals surface area contributed by atoms with E-state index in [2.05, 4.69) is 20.5 Å². The van der Waals surface area contributed by atoms with Gasteiger partial charge in [0.2, 0.25) is 0 Å². The Balaban J connectivity index is 1.80. The Morgan fingerprint density at radius 2 is 2.00 bits per heavy atom. The third kappa shape index (κ3) is 3.49. The molecule has 3 rings (SSSR count). The number of aromatic amines is 1. The van der Waals surface area contributed by atoms with Gasteiger partial charge in [0, 0.05) is 11.1 Å². The number of amides is 1. The molecule has 0 aliphatic carbocycles. The first-order chi connectivity index (χ1) is 11.7. The Morgan fingerprint density at radius 3 is 2.67 bits per heavy atom. The zero-order chi connectivity index (χ0) is 16.9. The van der Waals surface area contributed by atoms with Gasteiger partial charge in [0.1, 0.15) is 5.82 Å². The van der Waals surface area contributed by atoms with Crippen molar-refractivity contribution in [1.82, 2.24) is 20.5 Å². The molecule has 0 aliphatic rings. The number of carbonyl (C=O) groups is 1. The zero-order valence-electron chi connectivity index (χ0n) is 13.2. The van der Waals surface area contributed by atoms with Crippen LogP contribution in [0.4, 0.5) is 0 Å². The molecule has 0 fully saturated rings.